The topological polar surface area (TPSA) is 71.8 Å². The molecule has 88 valence electrons. The van der Waals surface area contributed by atoms with Crippen LogP contribution < -0.4 is 11.3 Å². The number of nitrogens with two attached hydrogens (primary N) is 1. The van der Waals surface area contributed by atoms with Crippen molar-refractivity contribution < 1.29 is 4.39 Å². The molecular formula is C12H12FN3O. The second-order valence-corrected chi connectivity index (χ2v) is 3.82. The van der Waals surface area contributed by atoms with E-state index in [1.807, 2.05) is 0 Å². The number of nitrogens with one attached hydrogen (secondary N) is 1. The molecule has 0 amide bonds. The maximum absolute atomic E-state index is 12.8. The Morgan fingerprint density at radius 3 is 2.65 bits per heavy atom. The summed E-state index contributed by atoms with van der Waals surface area (Å²) < 4.78 is 12.8. The average Bonchev–Trinajstić information content (AvgIpc) is 2.32. The van der Waals surface area contributed by atoms with Gasteiger partial charge < -0.3 is 5.73 Å². The molecule has 5 heteroatoms. The third kappa shape index (κ3) is 2.39. The highest BCUT2D eigenvalue weighted by atomic mass is 19.1. The Hall–Kier alpha value is -2.01. The standard InChI is InChI=1S/C12H12FN3O/c1-7-6-10(12(17)16-15-7)11(14)8-2-4-9(13)5-3-8/h2-6,11H,14H2,1H3,(H,16,17). The second-order valence-electron chi connectivity index (χ2n) is 3.82. The van der Waals surface area contributed by atoms with Crippen molar-refractivity contribution >= 4 is 0 Å². The van der Waals surface area contributed by atoms with Gasteiger partial charge in [0, 0.05) is 5.56 Å². The van der Waals surface area contributed by atoms with Crippen molar-refractivity contribution in [3.8, 4) is 0 Å². The van der Waals surface area contributed by atoms with Crippen LogP contribution >= 0.6 is 0 Å². The lowest BCUT2D eigenvalue weighted by Gasteiger charge is -2.11. The first-order chi connectivity index (χ1) is 8.08. The minimum atomic E-state index is -0.582. The largest absolute Gasteiger partial charge is 0.320 e. The van der Waals surface area contributed by atoms with Crippen molar-refractivity contribution in [1.29, 1.82) is 0 Å². The van der Waals surface area contributed by atoms with Crippen LogP contribution in [0.3, 0.4) is 0 Å². The molecule has 4 nitrogen and oxygen atoms in total. The van der Waals surface area contributed by atoms with Crippen molar-refractivity contribution in [2.75, 3.05) is 0 Å². The monoisotopic (exact) mass is 233 g/mol. The molecule has 0 spiro atoms. The number of aromatic amines is 1. The minimum Gasteiger partial charge on any atom is -0.320 e. The fraction of sp³-hybridized carbons (Fsp3) is 0.167. The third-order valence-corrected chi connectivity index (χ3v) is 2.52. The second kappa shape index (κ2) is 4.47. The molecule has 1 heterocycles. The zero-order chi connectivity index (χ0) is 12.4. The van der Waals surface area contributed by atoms with Gasteiger partial charge in [-0.2, -0.15) is 5.10 Å². The van der Waals surface area contributed by atoms with Gasteiger partial charge in [-0.1, -0.05) is 12.1 Å². The SMILES string of the molecule is Cc1cc(C(N)c2ccc(F)cc2)c(=O)[nH]n1. The van der Waals surface area contributed by atoms with Gasteiger partial charge in [0.15, 0.2) is 0 Å². The van der Waals surface area contributed by atoms with E-state index >= 15 is 0 Å². The minimum absolute atomic E-state index is 0.326. The number of rotatable bonds is 2. The Morgan fingerprint density at radius 1 is 1.35 bits per heavy atom. The molecule has 17 heavy (non-hydrogen) atoms. The van der Waals surface area contributed by atoms with E-state index < -0.39 is 6.04 Å². The first-order valence-corrected chi connectivity index (χ1v) is 5.15. The van der Waals surface area contributed by atoms with Crippen LogP contribution in [0.1, 0.15) is 22.9 Å². The number of benzene rings is 1. The van der Waals surface area contributed by atoms with Crippen LogP contribution in [0, 0.1) is 12.7 Å². The van der Waals surface area contributed by atoms with Crippen LogP contribution in [0.4, 0.5) is 4.39 Å². The summed E-state index contributed by atoms with van der Waals surface area (Å²) in [7, 11) is 0. The highest BCUT2D eigenvalue weighted by Gasteiger charge is 2.13. The molecular weight excluding hydrogens is 221 g/mol. The maximum atomic E-state index is 12.8. The molecule has 0 aliphatic carbocycles. The Labute approximate surface area is 97.3 Å². The molecule has 1 atom stereocenters. The van der Waals surface area contributed by atoms with Crippen LogP contribution in [0.25, 0.3) is 0 Å². The van der Waals surface area contributed by atoms with Crippen LogP contribution in [-0.2, 0) is 0 Å². The van der Waals surface area contributed by atoms with Crippen LogP contribution in [0.2, 0.25) is 0 Å². The lowest BCUT2D eigenvalue weighted by Crippen LogP contribution is -2.23. The molecule has 0 radical (unpaired) electrons. The smallest absolute Gasteiger partial charge is 0.269 e. The average molecular weight is 233 g/mol. The Balaban J connectivity index is 2.43. The van der Waals surface area contributed by atoms with Gasteiger partial charge in [-0.05, 0) is 30.7 Å². The van der Waals surface area contributed by atoms with Gasteiger partial charge in [0.05, 0.1) is 11.7 Å². The molecule has 2 rings (SSSR count). The van der Waals surface area contributed by atoms with Gasteiger partial charge in [0.2, 0.25) is 0 Å². The van der Waals surface area contributed by atoms with Crippen molar-refractivity contribution in [1.82, 2.24) is 10.2 Å². The van der Waals surface area contributed by atoms with Crippen molar-refractivity contribution in [2.45, 2.75) is 13.0 Å². The quantitative estimate of drug-likeness (QED) is 0.820. The summed E-state index contributed by atoms with van der Waals surface area (Å²) in [5.41, 5.74) is 7.42. The van der Waals surface area contributed by atoms with E-state index in [1.165, 1.54) is 12.1 Å². The summed E-state index contributed by atoms with van der Waals surface area (Å²) in [5.74, 6) is -0.333. The highest BCUT2D eigenvalue weighted by molar-refractivity contribution is 5.30. The fourth-order valence-corrected chi connectivity index (χ4v) is 1.61. The number of nitrogens with zero attached hydrogens (tertiary/aromatic N) is 1. The Kier molecular flexibility index (Phi) is 3.01. The first-order valence-electron chi connectivity index (χ1n) is 5.15. The lowest BCUT2D eigenvalue weighted by molar-refractivity contribution is 0.626. The van der Waals surface area contributed by atoms with E-state index in [1.54, 1.807) is 25.1 Å². The number of hydrogen-bond donors (Lipinski definition) is 2. The molecule has 0 saturated carbocycles. The van der Waals surface area contributed by atoms with Gasteiger partial charge in [-0.15, -0.1) is 0 Å². The van der Waals surface area contributed by atoms with E-state index in [2.05, 4.69) is 10.2 Å². The van der Waals surface area contributed by atoms with Crippen LogP contribution in [0.15, 0.2) is 35.1 Å². The molecule has 0 aliphatic rings. The zero-order valence-electron chi connectivity index (χ0n) is 9.27. The van der Waals surface area contributed by atoms with E-state index in [0.717, 1.165) is 0 Å². The van der Waals surface area contributed by atoms with Gasteiger partial charge in [-0.3, -0.25) is 4.79 Å². The van der Waals surface area contributed by atoms with Crippen molar-refractivity contribution in [3.05, 3.63) is 63.3 Å². The predicted octanol–water partition coefficient (Wildman–Crippen LogP) is 1.27. The maximum Gasteiger partial charge on any atom is 0.269 e. The van der Waals surface area contributed by atoms with Crippen molar-refractivity contribution in [3.63, 3.8) is 0 Å². The molecule has 3 N–H and O–H groups in total. The van der Waals surface area contributed by atoms with E-state index in [0.29, 0.717) is 16.8 Å². The normalized spacial score (nSPS) is 12.4. The zero-order valence-corrected chi connectivity index (χ0v) is 9.27. The molecule has 0 saturated heterocycles. The Morgan fingerprint density at radius 2 is 2.00 bits per heavy atom. The van der Waals surface area contributed by atoms with E-state index in [-0.39, 0.29) is 11.4 Å². The highest BCUT2D eigenvalue weighted by Crippen LogP contribution is 2.16. The van der Waals surface area contributed by atoms with Gasteiger partial charge in [-0.25, -0.2) is 9.49 Å². The number of aryl methyl sites for hydroxylation is 1. The third-order valence-electron chi connectivity index (χ3n) is 2.52. The lowest BCUT2D eigenvalue weighted by atomic mass is 10.0. The summed E-state index contributed by atoms with van der Waals surface area (Å²) >= 11 is 0. The Bertz CT molecular complexity index is 577. The van der Waals surface area contributed by atoms with Gasteiger partial charge in [0.25, 0.3) is 5.56 Å². The van der Waals surface area contributed by atoms with E-state index in [9.17, 15) is 9.18 Å². The van der Waals surface area contributed by atoms with Crippen molar-refractivity contribution in [2.24, 2.45) is 5.73 Å². The molecule has 1 aromatic carbocycles. The molecule has 0 fully saturated rings. The summed E-state index contributed by atoms with van der Waals surface area (Å²) in [6.45, 7) is 1.76. The summed E-state index contributed by atoms with van der Waals surface area (Å²) in [6, 6.07) is 6.81. The molecule has 0 aliphatic heterocycles. The molecule has 1 unspecified atom stereocenters. The van der Waals surface area contributed by atoms with Gasteiger partial charge >= 0.3 is 0 Å². The predicted molar refractivity (Wildman–Crippen MR) is 62.0 cm³/mol. The van der Waals surface area contributed by atoms with Crippen LogP contribution in [0.5, 0.6) is 0 Å². The molecule has 0 bridgehead atoms. The van der Waals surface area contributed by atoms with Crippen LogP contribution in [-0.4, -0.2) is 10.2 Å². The number of halogens is 1. The van der Waals surface area contributed by atoms with Gasteiger partial charge in [0.1, 0.15) is 5.82 Å². The molecule has 2 aromatic rings. The number of aromatic nitrogens is 2. The summed E-state index contributed by atoms with van der Waals surface area (Å²) in [5, 5.41) is 6.15. The first kappa shape index (κ1) is 11.5. The van der Waals surface area contributed by atoms with E-state index in [4.69, 9.17) is 5.73 Å². The fourth-order valence-electron chi connectivity index (χ4n) is 1.61. The number of hydrogen-bond acceptors (Lipinski definition) is 3. The summed E-state index contributed by atoms with van der Waals surface area (Å²) in [6.07, 6.45) is 0. The molecule has 1 aromatic heterocycles. The summed E-state index contributed by atoms with van der Waals surface area (Å²) in [4.78, 5) is 11.6. The number of H-pyrrole nitrogens is 1.